The van der Waals surface area contributed by atoms with E-state index < -0.39 is 5.97 Å². The van der Waals surface area contributed by atoms with Crippen LogP contribution >= 0.6 is 23.4 Å². The zero-order valence-electron chi connectivity index (χ0n) is 6.34. The number of carboxylic acids is 1. The fraction of sp³-hybridized carbons (Fsp3) is 0.571. The van der Waals surface area contributed by atoms with Gasteiger partial charge in [-0.25, -0.2) is 0 Å². The Bertz CT molecular complexity index is 159. The monoisotopic (exact) mass is 194 g/mol. The SMILES string of the molecule is C=C(Cl)CSC(C)CC(=O)O. The minimum Gasteiger partial charge on any atom is -0.481 e. The molecule has 0 spiro atoms. The average Bonchev–Trinajstić information content (AvgIpc) is 1.82. The Kier molecular flexibility index (Phi) is 5.42. The number of aliphatic carboxylic acids is 1. The van der Waals surface area contributed by atoms with Crippen molar-refractivity contribution in [2.75, 3.05) is 5.75 Å². The first-order valence-corrected chi connectivity index (χ1v) is 4.61. The van der Waals surface area contributed by atoms with Crippen LogP contribution < -0.4 is 0 Å². The molecule has 1 atom stereocenters. The predicted octanol–water partition coefficient (Wildman–Crippen LogP) is 2.34. The van der Waals surface area contributed by atoms with Crippen molar-refractivity contribution in [3.8, 4) is 0 Å². The second-order valence-electron chi connectivity index (χ2n) is 2.24. The van der Waals surface area contributed by atoms with Crippen molar-refractivity contribution in [1.82, 2.24) is 0 Å². The summed E-state index contributed by atoms with van der Waals surface area (Å²) >= 11 is 7.00. The standard InChI is InChI=1S/C7H11ClO2S/c1-5(8)4-11-6(2)3-7(9)10/h6H,1,3-4H2,2H3,(H,9,10). The zero-order chi connectivity index (χ0) is 8.85. The molecule has 0 aliphatic rings. The smallest absolute Gasteiger partial charge is 0.304 e. The summed E-state index contributed by atoms with van der Waals surface area (Å²) in [6.45, 7) is 5.36. The Morgan fingerprint density at radius 2 is 2.36 bits per heavy atom. The van der Waals surface area contributed by atoms with Gasteiger partial charge in [0, 0.05) is 16.0 Å². The first-order chi connectivity index (χ1) is 5.02. The predicted molar refractivity (Wildman–Crippen MR) is 49.2 cm³/mol. The van der Waals surface area contributed by atoms with E-state index in [-0.39, 0.29) is 11.7 Å². The summed E-state index contributed by atoms with van der Waals surface area (Å²) in [4.78, 5) is 10.2. The Morgan fingerprint density at radius 3 is 2.73 bits per heavy atom. The molecular weight excluding hydrogens is 184 g/mol. The van der Waals surface area contributed by atoms with Crippen molar-refractivity contribution in [2.24, 2.45) is 0 Å². The van der Waals surface area contributed by atoms with Crippen LogP contribution in [-0.2, 0) is 4.79 Å². The van der Waals surface area contributed by atoms with Crippen LogP contribution in [0.15, 0.2) is 11.6 Å². The van der Waals surface area contributed by atoms with E-state index in [4.69, 9.17) is 16.7 Å². The molecule has 0 heterocycles. The van der Waals surface area contributed by atoms with E-state index in [9.17, 15) is 4.79 Å². The lowest BCUT2D eigenvalue weighted by molar-refractivity contribution is -0.136. The highest BCUT2D eigenvalue weighted by molar-refractivity contribution is 8.00. The molecule has 0 bridgehead atoms. The van der Waals surface area contributed by atoms with E-state index in [1.165, 1.54) is 11.8 Å². The number of carbonyl (C=O) groups is 1. The average molecular weight is 195 g/mol. The molecule has 2 nitrogen and oxygen atoms in total. The van der Waals surface area contributed by atoms with Crippen LogP contribution in [0.1, 0.15) is 13.3 Å². The molecule has 0 saturated heterocycles. The molecule has 64 valence electrons. The molecule has 0 rings (SSSR count). The van der Waals surface area contributed by atoms with Crippen LogP contribution in [0.4, 0.5) is 0 Å². The lowest BCUT2D eigenvalue weighted by Gasteiger charge is -2.06. The summed E-state index contributed by atoms with van der Waals surface area (Å²) in [5.41, 5.74) is 0. The molecule has 0 amide bonds. The van der Waals surface area contributed by atoms with Gasteiger partial charge in [-0.15, -0.1) is 0 Å². The summed E-state index contributed by atoms with van der Waals surface area (Å²) in [6.07, 6.45) is 0.175. The number of hydrogen-bond acceptors (Lipinski definition) is 2. The van der Waals surface area contributed by atoms with Crippen LogP contribution in [0, 0.1) is 0 Å². The van der Waals surface area contributed by atoms with Crippen LogP contribution in [0.3, 0.4) is 0 Å². The maximum atomic E-state index is 10.2. The van der Waals surface area contributed by atoms with E-state index in [0.29, 0.717) is 10.8 Å². The molecule has 0 aromatic rings. The van der Waals surface area contributed by atoms with Crippen molar-refractivity contribution < 1.29 is 9.90 Å². The van der Waals surface area contributed by atoms with Gasteiger partial charge in [-0.2, -0.15) is 11.8 Å². The second kappa shape index (κ2) is 5.49. The number of rotatable bonds is 5. The van der Waals surface area contributed by atoms with E-state index in [0.717, 1.165) is 0 Å². The third-order valence-corrected chi connectivity index (χ3v) is 2.53. The van der Waals surface area contributed by atoms with E-state index in [2.05, 4.69) is 6.58 Å². The van der Waals surface area contributed by atoms with Gasteiger partial charge >= 0.3 is 5.97 Å². The van der Waals surface area contributed by atoms with Crippen molar-refractivity contribution in [3.63, 3.8) is 0 Å². The molecule has 0 aliphatic carbocycles. The Morgan fingerprint density at radius 1 is 1.82 bits per heavy atom. The highest BCUT2D eigenvalue weighted by atomic mass is 35.5. The third kappa shape index (κ3) is 7.75. The lowest BCUT2D eigenvalue weighted by Crippen LogP contribution is -2.06. The first kappa shape index (κ1) is 10.8. The normalized spacial score (nSPS) is 12.5. The van der Waals surface area contributed by atoms with Crippen LogP contribution in [0.2, 0.25) is 0 Å². The molecule has 11 heavy (non-hydrogen) atoms. The summed E-state index contributed by atoms with van der Waals surface area (Å²) in [7, 11) is 0. The molecular formula is C7H11ClO2S. The third-order valence-electron chi connectivity index (χ3n) is 0.987. The van der Waals surface area contributed by atoms with E-state index >= 15 is 0 Å². The number of carboxylic acid groups (broad SMARTS) is 1. The second-order valence-corrected chi connectivity index (χ2v) is 4.20. The van der Waals surface area contributed by atoms with Crippen molar-refractivity contribution in [2.45, 2.75) is 18.6 Å². The van der Waals surface area contributed by atoms with Gasteiger partial charge in [-0.3, -0.25) is 4.79 Å². The van der Waals surface area contributed by atoms with Gasteiger partial charge in [0.05, 0.1) is 6.42 Å². The topological polar surface area (TPSA) is 37.3 Å². The van der Waals surface area contributed by atoms with Gasteiger partial charge in [-0.05, 0) is 0 Å². The van der Waals surface area contributed by atoms with Crippen LogP contribution in [0.5, 0.6) is 0 Å². The maximum Gasteiger partial charge on any atom is 0.304 e. The van der Waals surface area contributed by atoms with Crippen molar-refractivity contribution >= 4 is 29.3 Å². The van der Waals surface area contributed by atoms with Gasteiger partial charge in [0.15, 0.2) is 0 Å². The molecule has 0 fully saturated rings. The highest BCUT2D eigenvalue weighted by Crippen LogP contribution is 2.17. The quantitative estimate of drug-likeness (QED) is 0.730. The molecule has 1 N–H and O–H groups in total. The molecule has 0 aromatic carbocycles. The van der Waals surface area contributed by atoms with E-state index in [1.807, 2.05) is 6.92 Å². The van der Waals surface area contributed by atoms with Gasteiger partial charge < -0.3 is 5.11 Å². The number of hydrogen-bond donors (Lipinski definition) is 1. The van der Waals surface area contributed by atoms with Crippen molar-refractivity contribution in [1.29, 1.82) is 0 Å². The Labute approximate surface area is 75.6 Å². The van der Waals surface area contributed by atoms with Gasteiger partial charge in [-0.1, -0.05) is 25.1 Å². The number of halogens is 1. The fourth-order valence-electron chi connectivity index (χ4n) is 0.538. The van der Waals surface area contributed by atoms with Crippen molar-refractivity contribution in [3.05, 3.63) is 11.6 Å². The summed E-state index contributed by atoms with van der Waals surface area (Å²) in [6, 6.07) is 0. The lowest BCUT2D eigenvalue weighted by atomic mass is 10.3. The maximum absolute atomic E-state index is 10.2. The summed E-state index contributed by atoms with van der Waals surface area (Å²) in [5, 5.41) is 9.04. The van der Waals surface area contributed by atoms with Gasteiger partial charge in [0.1, 0.15) is 0 Å². The summed E-state index contributed by atoms with van der Waals surface area (Å²) < 4.78 is 0. The first-order valence-electron chi connectivity index (χ1n) is 3.19. The Hall–Kier alpha value is -0.150. The van der Waals surface area contributed by atoms with Crippen LogP contribution in [-0.4, -0.2) is 22.1 Å². The molecule has 0 aliphatic heterocycles. The minimum absolute atomic E-state index is 0.1000. The molecule has 4 heteroatoms. The molecule has 0 saturated carbocycles. The zero-order valence-corrected chi connectivity index (χ0v) is 7.91. The summed E-state index contributed by atoms with van der Waals surface area (Å²) in [5.74, 6) is -0.152. The van der Waals surface area contributed by atoms with E-state index in [1.54, 1.807) is 0 Å². The van der Waals surface area contributed by atoms with Gasteiger partial charge in [0.25, 0.3) is 0 Å². The highest BCUT2D eigenvalue weighted by Gasteiger charge is 2.07. The largest absolute Gasteiger partial charge is 0.481 e. The Balaban J connectivity index is 3.44. The minimum atomic E-state index is -0.773. The fourth-order valence-corrected chi connectivity index (χ4v) is 1.45. The molecule has 0 radical (unpaired) electrons. The molecule has 1 unspecified atom stereocenters. The molecule has 0 aromatic heterocycles. The van der Waals surface area contributed by atoms with Gasteiger partial charge in [0.2, 0.25) is 0 Å². The number of thioether (sulfide) groups is 1. The van der Waals surface area contributed by atoms with Crippen LogP contribution in [0.25, 0.3) is 0 Å².